The molecule has 0 aliphatic heterocycles. The Morgan fingerprint density at radius 1 is 1.50 bits per heavy atom. The molecule has 0 radical (unpaired) electrons. The van der Waals surface area contributed by atoms with Gasteiger partial charge in [-0.15, -0.1) is 6.58 Å². The second-order valence-electron chi connectivity index (χ2n) is 5.61. The number of carbonyl (C=O) groups is 1. The van der Waals surface area contributed by atoms with Crippen molar-refractivity contribution in [3.05, 3.63) is 47.5 Å². The van der Waals surface area contributed by atoms with Gasteiger partial charge in [0.1, 0.15) is 0 Å². The maximum Gasteiger partial charge on any atom is 0.223 e. The topological polar surface area (TPSA) is 29.1 Å². The summed E-state index contributed by atoms with van der Waals surface area (Å²) in [5, 5.41) is 2.98. The standard InChI is InChI=1S/C18H25NO/c1-3-6-18(20)19-12-11-16-8-5-7-15-10-9-14(4-2)13-17(15)16/h3,9-10,13,16H,1,4-8,11-12H2,2H3,(H,19,20). The van der Waals surface area contributed by atoms with Crippen LogP contribution >= 0.6 is 0 Å². The number of hydrogen-bond acceptors (Lipinski definition) is 1. The number of fused-ring (bicyclic) bond motifs is 1. The molecule has 1 amide bonds. The monoisotopic (exact) mass is 271 g/mol. The maximum atomic E-state index is 11.4. The highest BCUT2D eigenvalue weighted by molar-refractivity contribution is 5.77. The van der Waals surface area contributed by atoms with Gasteiger partial charge < -0.3 is 5.32 Å². The van der Waals surface area contributed by atoms with Crippen LogP contribution in [0.15, 0.2) is 30.9 Å². The van der Waals surface area contributed by atoms with Crippen molar-refractivity contribution in [2.75, 3.05) is 6.54 Å². The molecule has 1 aliphatic carbocycles. The van der Waals surface area contributed by atoms with Gasteiger partial charge in [0, 0.05) is 13.0 Å². The van der Waals surface area contributed by atoms with Crippen LogP contribution in [0.5, 0.6) is 0 Å². The highest BCUT2D eigenvalue weighted by Crippen LogP contribution is 2.34. The molecule has 2 rings (SSSR count). The van der Waals surface area contributed by atoms with Crippen molar-refractivity contribution < 1.29 is 4.79 Å². The summed E-state index contributed by atoms with van der Waals surface area (Å²) in [6.07, 6.45) is 7.93. The van der Waals surface area contributed by atoms with Gasteiger partial charge >= 0.3 is 0 Å². The van der Waals surface area contributed by atoms with Crippen LogP contribution < -0.4 is 5.32 Å². The fourth-order valence-corrected chi connectivity index (χ4v) is 3.06. The molecular formula is C18H25NO. The fourth-order valence-electron chi connectivity index (χ4n) is 3.06. The molecule has 0 fully saturated rings. The molecule has 0 saturated carbocycles. The first-order valence-electron chi connectivity index (χ1n) is 7.74. The molecule has 1 atom stereocenters. The van der Waals surface area contributed by atoms with Crippen molar-refractivity contribution in [2.45, 2.75) is 51.4 Å². The predicted octanol–water partition coefficient (Wildman–Crippen LogP) is 3.75. The zero-order chi connectivity index (χ0) is 14.4. The molecule has 1 aliphatic rings. The first kappa shape index (κ1) is 14.8. The zero-order valence-electron chi connectivity index (χ0n) is 12.5. The summed E-state index contributed by atoms with van der Waals surface area (Å²) in [6, 6.07) is 6.94. The molecule has 0 saturated heterocycles. The van der Waals surface area contributed by atoms with E-state index in [1.165, 1.54) is 36.0 Å². The molecule has 20 heavy (non-hydrogen) atoms. The van der Waals surface area contributed by atoms with E-state index in [1.807, 2.05) is 0 Å². The highest BCUT2D eigenvalue weighted by Gasteiger charge is 2.20. The third-order valence-corrected chi connectivity index (χ3v) is 4.20. The van der Waals surface area contributed by atoms with E-state index in [4.69, 9.17) is 0 Å². The summed E-state index contributed by atoms with van der Waals surface area (Å²) < 4.78 is 0. The lowest BCUT2D eigenvalue weighted by Gasteiger charge is -2.26. The van der Waals surface area contributed by atoms with Crippen LogP contribution in [0.1, 0.15) is 55.2 Å². The summed E-state index contributed by atoms with van der Waals surface area (Å²) >= 11 is 0. The summed E-state index contributed by atoms with van der Waals surface area (Å²) in [5.41, 5.74) is 4.45. The van der Waals surface area contributed by atoms with E-state index < -0.39 is 0 Å². The SMILES string of the molecule is C=CCC(=O)NCCC1CCCc2ccc(CC)cc21. The van der Waals surface area contributed by atoms with Gasteiger partial charge in [-0.05, 0) is 54.7 Å². The third kappa shape index (κ3) is 3.72. The van der Waals surface area contributed by atoms with Crippen molar-refractivity contribution in [3.63, 3.8) is 0 Å². The Balaban J connectivity index is 1.97. The van der Waals surface area contributed by atoms with E-state index in [1.54, 1.807) is 6.08 Å². The quantitative estimate of drug-likeness (QED) is 0.784. The van der Waals surface area contributed by atoms with E-state index in [2.05, 4.69) is 37.0 Å². The van der Waals surface area contributed by atoms with Crippen LogP contribution in [0.25, 0.3) is 0 Å². The van der Waals surface area contributed by atoms with Crippen molar-refractivity contribution >= 4 is 5.91 Å². The first-order chi connectivity index (χ1) is 9.74. The van der Waals surface area contributed by atoms with E-state index in [0.29, 0.717) is 12.3 Å². The number of aryl methyl sites for hydroxylation is 2. The molecule has 2 heteroatoms. The number of rotatable bonds is 6. The van der Waals surface area contributed by atoms with Gasteiger partial charge in [-0.3, -0.25) is 4.79 Å². The molecular weight excluding hydrogens is 246 g/mol. The average molecular weight is 271 g/mol. The Morgan fingerprint density at radius 3 is 3.10 bits per heavy atom. The van der Waals surface area contributed by atoms with E-state index in [0.717, 1.165) is 19.4 Å². The Bertz CT molecular complexity index is 478. The number of amides is 1. The summed E-state index contributed by atoms with van der Waals surface area (Å²) in [6.45, 7) is 6.56. The lowest BCUT2D eigenvalue weighted by atomic mass is 9.80. The van der Waals surface area contributed by atoms with Crippen molar-refractivity contribution in [1.29, 1.82) is 0 Å². The second-order valence-corrected chi connectivity index (χ2v) is 5.61. The molecule has 1 N–H and O–H groups in total. The van der Waals surface area contributed by atoms with Crippen LogP contribution in [-0.4, -0.2) is 12.5 Å². The minimum absolute atomic E-state index is 0.0818. The van der Waals surface area contributed by atoms with Crippen molar-refractivity contribution in [1.82, 2.24) is 5.32 Å². The Hall–Kier alpha value is -1.57. The van der Waals surface area contributed by atoms with Crippen LogP contribution in [-0.2, 0) is 17.6 Å². The molecule has 2 nitrogen and oxygen atoms in total. The number of hydrogen-bond donors (Lipinski definition) is 1. The van der Waals surface area contributed by atoms with Crippen molar-refractivity contribution in [2.24, 2.45) is 0 Å². The minimum Gasteiger partial charge on any atom is -0.356 e. The molecule has 1 unspecified atom stereocenters. The number of carbonyl (C=O) groups excluding carboxylic acids is 1. The highest BCUT2D eigenvalue weighted by atomic mass is 16.1. The van der Waals surface area contributed by atoms with Gasteiger partial charge in [0.05, 0.1) is 0 Å². The molecule has 0 bridgehead atoms. The van der Waals surface area contributed by atoms with E-state index in [9.17, 15) is 4.79 Å². The Labute approximate surface area is 122 Å². The summed E-state index contributed by atoms with van der Waals surface area (Å²) in [5.74, 6) is 0.688. The molecule has 0 spiro atoms. The summed E-state index contributed by atoms with van der Waals surface area (Å²) in [7, 11) is 0. The van der Waals surface area contributed by atoms with E-state index >= 15 is 0 Å². The van der Waals surface area contributed by atoms with Gasteiger partial charge in [-0.2, -0.15) is 0 Å². The van der Waals surface area contributed by atoms with Crippen LogP contribution in [0.3, 0.4) is 0 Å². The molecule has 1 aromatic carbocycles. The fraction of sp³-hybridized carbons (Fsp3) is 0.500. The van der Waals surface area contributed by atoms with Crippen LogP contribution in [0, 0.1) is 0 Å². The van der Waals surface area contributed by atoms with Crippen LogP contribution in [0.4, 0.5) is 0 Å². The van der Waals surface area contributed by atoms with E-state index in [-0.39, 0.29) is 5.91 Å². The lowest BCUT2D eigenvalue weighted by Crippen LogP contribution is -2.25. The normalized spacial score (nSPS) is 17.4. The van der Waals surface area contributed by atoms with Gasteiger partial charge in [0.25, 0.3) is 0 Å². The largest absolute Gasteiger partial charge is 0.356 e. The maximum absolute atomic E-state index is 11.4. The second kappa shape index (κ2) is 7.28. The smallest absolute Gasteiger partial charge is 0.223 e. The molecule has 1 aromatic rings. The molecule has 0 heterocycles. The average Bonchev–Trinajstić information content (AvgIpc) is 2.47. The Kier molecular flexibility index (Phi) is 5.40. The Morgan fingerprint density at radius 2 is 2.35 bits per heavy atom. The van der Waals surface area contributed by atoms with Gasteiger partial charge in [-0.1, -0.05) is 31.2 Å². The minimum atomic E-state index is 0.0818. The number of benzene rings is 1. The molecule has 108 valence electrons. The predicted molar refractivity (Wildman–Crippen MR) is 83.9 cm³/mol. The lowest BCUT2D eigenvalue weighted by molar-refractivity contribution is -0.120. The third-order valence-electron chi connectivity index (χ3n) is 4.20. The van der Waals surface area contributed by atoms with Gasteiger partial charge in [0.15, 0.2) is 0 Å². The summed E-state index contributed by atoms with van der Waals surface area (Å²) in [4.78, 5) is 11.4. The molecule has 0 aromatic heterocycles. The van der Waals surface area contributed by atoms with Gasteiger partial charge in [0.2, 0.25) is 5.91 Å². The number of nitrogens with one attached hydrogen (secondary N) is 1. The first-order valence-corrected chi connectivity index (χ1v) is 7.74. The van der Waals surface area contributed by atoms with Crippen LogP contribution in [0.2, 0.25) is 0 Å². The van der Waals surface area contributed by atoms with Gasteiger partial charge in [-0.25, -0.2) is 0 Å². The van der Waals surface area contributed by atoms with Crippen molar-refractivity contribution in [3.8, 4) is 0 Å². The zero-order valence-corrected chi connectivity index (χ0v) is 12.5.